The first-order valence-corrected chi connectivity index (χ1v) is 10.4. The Balaban J connectivity index is 1.47. The highest BCUT2D eigenvalue weighted by Gasteiger charge is 2.17. The van der Waals surface area contributed by atoms with Crippen LogP contribution in [0.15, 0.2) is 41.8 Å². The number of carbonyl (C=O) groups is 1. The van der Waals surface area contributed by atoms with Crippen molar-refractivity contribution in [1.82, 2.24) is 14.8 Å². The van der Waals surface area contributed by atoms with Gasteiger partial charge in [-0.1, -0.05) is 12.1 Å². The Morgan fingerprint density at radius 1 is 1.21 bits per heavy atom. The Bertz CT molecular complexity index is 926. The molecule has 6 nitrogen and oxygen atoms in total. The molecule has 4 rings (SSSR count). The lowest BCUT2D eigenvalue weighted by atomic mass is 10.2. The number of morpholine rings is 1. The highest BCUT2D eigenvalue weighted by atomic mass is 32.1. The van der Waals surface area contributed by atoms with Gasteiger partial charge in [0.05, 0.1) is 30.5 Å². The minimum absolute atomic E-state index is 0.0230. The lowest BCUT2D eigenvalue weighted by Gasteiger charge is -2.26. The number of benzene rings is 1. The van der Waals surface area contributed by atoms with E-state index in [0.29, 0.717) is 18.8 Å². The maximum Gasteiger partial charge on any atom is 0.268 e. The summed E-state index contributed by atoms with van der Waals surface area (Å²) in [5.74, 6) is 0.809. The van der Waals surface area contributed by atoms with Crippen LogP contribution >= 0.6 is 11.3 Å². The molecule has 148 valence electrons. The summed E-state index contributed by atoms with van der Waals surface area (Å²) in [6.45, 7) is 5.54. The number of carbonyl (C=O) groups excluding carboxylic acids is 1. The van der Waals surface area contributed by atoms with Gasteiger partial charge in [0.15, 0.2) is 0 Å². The lowest BCUT2D eigenvalue weighted by molar-refractivity contribution is 0.0383. The van der Waals surface area contributed by atoms with Gasteiger partial charge in [-0.3, -0.25) is 9.69 Å². The SMILES string of the molecule is COc1ccc(Cn2c(C(=O)NCCN3CCOCC3)cc3sccc32)cc1. The van der Waals surface area contributed by atoms with Gasteiger partial charge >= 0.3 is 0 Å². The molecule has 0 aliphatic carbocycles. The minimum atomic E-state index is -0.0230. The summed E-state index contributed by atoms with van der Waals surface area (Å²) >= 11 is 1.66. The largest absolute Gasteiger partial charge is 0.497 e. The van der Waals surface area contributed by atoms with Crippen molar-refractivity contribution in [3.63, 3.8) is 0 Å². The zero-order valence-corrected chi connectivity index (χ0v) is 16.8. The fourth-order valence-electron chi connectivity index (χ4n) is 3.49. The zero-order valence-electron chi connectivity index (χ0n) is 16.0. The highest BCUT2D eigenvalue weighted by Crippen LogP contribution is 2.26. The molecular formula is C21H25N3O3S. The molecule has 3 aromatic rings. The molecule has 1 saturated heterocycles. The summed E-state index contributed by atoms with van der Waals surface area (Å²) in [4.78, 5) is 15.2. The number of hydrogen-bond donors (Lipinski definition) is 1. The molecule has 1 aliphatic rings. The molecule has 0 unspecified atom stereocenters. The second-order valence-corrected chi connectivity index (χ2v) is 7.79. The maximum absolute atomic E-state index is 12.9. The Morgan fingerprint density at radius 2 is 2.00 bits per heavy atom. The number of thiophene rings is 1. The number of fused-ring (bicyclic) bond motifs is 1. The molecule has 0 saturated carbocycles. The van der Waals surface area contributed by atoms with Crippen molar-refractivity contribution < 1.29 is 14.3 Å². The Kier molecular flexibility index (Phi) is 5.95. The molecule has 0 radical (unpaired) electrons. The standard InChI is InChI=1S/C21H25N3O3S/c1-26-17-4-2-16(3-5-17)15-24-18-6-13-28-20(18)14-19(24)21(25)22-7-8-23-9-11-27-12-10-23/h2-6,13-14H,7-12,15H2,1H3,(H,22,25). The van der Waals surface area contributed by atoms with Gasteiger partial charge in [-0.05, 0) is 35.2 Å². The first-order chi connectivity index (χ1) is 13.7. The van der Waals surface area contributed by atoms with E-state index < -0.39 is 0 Å². The van der Waals surface area contributed by atoms with Gasteiger partial charge in [0.25, 0.3) is 5.91 Å². The fraction of sp³-hybridized carbons (Fsp3) is 0.381. The molecule has 1 aromatic carbocycles. The van der Waals surface area contributed by atoms with Crippen molar-refractivity contribution in [2.75, 3.05) is 46.5 Å². The van der Waals surface area contributed by atoms with Crippen LogP contribution in [-0.4, -0.2) is 61.9 Å². The molecule has 1 aliphatic heterocycles. The topological polar surface area (TPSA) is 55.7 Å². The molecule has 7 heteroatoms. The van der Waals surface area contributed by atoms with E-state index in [1.54, 1.807) is 18.4 Å². The molecule has 1 fully saturated rings. The highest BCUT2D eigenvalue weighted by molar-refractivity contribution is 7.17. The Morgan fingerprint density at radius 3 is 2.75 bits per heavy atom. The van der Waals surface area contributed by atoms with Crippen molar-refractivity contribution in [2.24, 2.45) is 0 Å². The molecule has 0 bridgehead atoms. The average molecular weight is 400 g/mol. The number of methoxy groups -OCH3 is 1. The van der Waals surface area contributed by atoms with Crippen LogP contribution in [-0.2, 0) is 11.3 Å². The zero-order chi connectivity index (χ0) is 19.3. The van der Waals surface area contributed by atoms with Crippen LogP contribution < -0.4 is 10.1 Å². The van der Waals surface area contributed by atoms with Crippen molar-refractivity contribution in [2.45, 2.75) is 6.54 Å². The number of nitrogens with one attached hydrogen (secondary N) is 1. The number of ether oxygens (including phenoxy) is 2. The predicted octanol–water partition coefficient (Wildman–Crippen LogP) is 2.82. The summed E-state index contributed by atoms with van der Waals surface area (Å²) in [5.41, 5.74) is 2.94. The van der Waals surface area contributed by atoms with Crippen molar-refractivity contribution in [3.05, 3.63) is 53.0 Å². The Labute approximate surface area is 168 Å². The summed E-state index contributed by atoms with van der Waals surface area (Å²) in [6.07, 6.45) is 0. The monoisotopic (exact) mass is 399 g/mol. The van der Waals surface area contributed by atoms with Gasteiger partial charge in [-0.25, -0.2) is 0 Å². The van der Waals surface area contributed by atoms with Gasteiger partial charge < -0.3 is 19.4 Å². The van der Waals surface area contributed by atoms with E-state index in [2.05, 4.69) is 26.2 Å². The molecule has 28 heavy (non-hydrogen) atoms. The first kappa shape index (κ1) is 19.0. The number of rotatable bonds is 7. The smallest absolute Gasteiger partial charge is 0.268 e. The van der Waals surface area contributed by atoms with Crippen LogP contribution in [0.5, 0.6) is 5.75 Å². The van der Waals surface area contributed by atoms with Gasteiger partial charge in [-0.15, -0.1) is 11.3 Å². The molecule has 0 atom stereocenters. The van der Waals surface area contributed by atoms with Crippen LogP contribution in [0.3, 0.4) is 0 Å². The molecule has 0 spiro atoms. The van der Waals surface area contributed by atoms with Crippen molar-refractivity contribution >= 4 is 27.5 Å². The quantitative estimate of drug-likeness (QED) is 0.664. The van der Waals surface area contributed by atoms with Crippen LogP contribution in [0.4, 0.5) is 0 Å². The minimum Gasteiger partial charge on any atom is -0.497 e. The first-order valence-electron chi connectivity index (χ1n) is 9.52. The second-order valence-electron chi connectivity index (χ2n) is 6.84. The third-order valence-electron chi connectivity index (χ3n) is 5.07. The molecule has 1 amide bonds. The van der Waals surface area contributed by atoms with Gasteiger partial charge in [0.1, 0.15) is 11.4 Å². The van der Waals surface area contributed by atoms with Crippen molar-refractivity contribution in [3.8, 4) is 5.75 Å². The number of aromatic nitrogens is 1. The maximum atomic E-state index is 12.9. The van der Waals surface area contributed by atoms with E-state index in [9.17, 15) is 4.79 Å². The van der Waals surface area contributed by atoms with E-state index >= 15 is 0 Å². The predicted molar refractivity (Wildman–Crippen MR) is 112 cm³/mol. The third kappa shape index (κ3) is 4.22. The van der Waals surface area contributed by atoms with E-state index in [0.717, 1.165) is 54.4 Å². The summed E-state index contributed by atoms with van der Waals surface area (Å²) in [6, 6.07) is 12.0. The van der Waals surface area contributed by atoms with Crippen LogP contribution in [0, 0.1) is 0 Å². The molecular weight excluding hydrogens is 374 g/mol. The van der Waals surface area contributed by atoms with Crippen molar-refractivity contribution in [1.29, 1.82) is 0 Å². The van der Waals surface area contributed by atoms with E-state index in [-0.39, 0.29) is 5.91 Å². The summed E-state index contributed by atoms with van der Waals surface area (Å²) < 4.78 is 13.8. The average Bonchev–Trinajstić information content (AvgIpc) is 3.32. The van der Waals surface area contributed by atoms with Gasteiger partial charge in [0, 0.05) is 32.7 Å². The normalized spacial score (nSPS) is 15.0. The Hall–Kier alpha value is -2.35. The van der Waals surface area contributed by atoms with Crippen LogP contribution in [0.25, 0.3) is 10.2 Å². The van der Waals surface area contributed by atoms with Crippen LogP contribution in [0.2, 0.25) is 0 Å². The fourth-order valence-corrected chi connectivity index (χ4v) is 4.31. The molecule has 2 aromatic heterocycles. The number of hydrogen-bond acceptors (Lipinski definition) is 5. The van der Waals surface area contributed by atoms with Gasteiger partial charge in [0.2, 0.25) is 0 Å². The summed E-state index contributed by atoms with van der Waals surface area (Å²) in [7, 11) is 1.66. The van der Waals surface area contributed by atoms with E-state index in [1.807, 2.05) is 30.3 Å². The second kappa shape index (κ2) is 8.77. The van der Waals surface area contributed by atoms with Crippen LogP contribution in [0.1, 0.15) is 16.1 Å². The molecule has 3 heterocycles. The van der Waals surface area contributed by atoms with E-state index in [1.165, 1.54) is 0 Å². The number of amides is 1. The number of nitrogens with zero attached hydrogens (tertiary/aromatic N) is 2. The lowest BCUT2D eigenvalue weighted by Crippen LogP contribution is -2.41. The van der Waals surface area contributed by atoms with Gasteiger partial charge in [-0.2, -0.15) is 0 Å². The van der Waals surface area contributed by atoms with E-state index in [4.69, 9.17) is 9.47 Å². The summed E-state index contributed by atoms with van der Waals surface area (Å²) in [5, 5.41) is 5.15. The molecule has 1 N–H and O–H groups in total. The third-order valence-corrected chi connectivity index (χ3v) is 5.93.